The van der Waals surface area contributed by atoms with Crippen LogP contribution < -0.4 is 14.2 Å². The van der Waals surface area contributed by atoms with Crippen molar-refractivity contribution in [2.75, 3.05) is 7.11 Å². The molecule has 1 N–H and O–H groups in total. The van der Waals surface area contributed by atoms with Gasteiger partial charge in [0.2, 0.25) is 0 Å². The number of carboxylic acid groups (broad SMARTS) is 1. The SMILES string of the molecule is COc1cc(OC(F)(F)F)ccc1Oc1ccc(C2CC2)c(C)c1C(=O)O. The largest absolute Gasteiger partial charge is 0.573 e. The van der Waals surface area contributed by atoms with Gasteiger partial charge >= 0.3 is 12.3 Å². The summed E-state index contributed by atoms with van der Waals surface area (Å²) in [5.41, 5.74) is 1.62. The van der Waals surface area contributed by atoms with Crippen molar-refractivity contribution in [2.24, 2.45) is 0 Å². The Kier molecular flexibility index (Phi) is 4.91. The zero-order valence-electron chi connectivity index (χ0n) is 14.6. The summed E-state index contributed by atoms with van der Waals surface area (Å²) in [7, 11) is 1.26. The molecule has 0 aromatic heterocycles. The molecule has 2 aromatic carbocycles. The Balaban J connectivity index is 1.95. The van der Waals surface area contributed by atoms with Crippen molar-refractivity contribution in [3.05, 3.63) is 47.0 Å². The van der Waals surface area contributed by atoms with Gasteiger partial charge in [-0.05, 0) is 55.0 Å². The maximum absolute atomic E-state index is 12.4. The van der Waals surface area contributed by atoms with Crippen molar-refractivity contribution >= 4 is 5.97 Å². The number of benzene rings is 2. The molecule has 5 nitrogen and oxygen atoms in total. The van der Waals surface area contributed by atoms with E-state index in [4.69, 9.17) is 9.47 Å². The van der Waals surface area contributed by atoms with Crippen molar-refractivity contribution in [2.45, 2.75) is 32.0 Å². The van der Waals surface area contributed by atoms with Crippen LogP contribution in [0.25, 0.3) is 0 Å². The fourth-order valence-electron chi connectivity index (χ4n) is 2.94. The normalized spacial score (nSPS) is 14.0. The molecule has 2 aromatic rings. The highest BCUT2D eigenvalue weighted by Gasteiger charge is 2.32. The maximum atomic E-state index is 12.4. The quantitative estimate of drug-likeness (QED) is 0.737. The first-order valence-electron chi connectivity index (χ1n) is 8.18. The molecule has 27 heavy (non-hydrogen) atoms. The predicted octanol–water partition coefficient (Wildman–Crippen LogP) is 5.27. The summed E-state index contributed by atoms with van der Waals surface area (Å²) in [6, 6.07) is 6.70. The van der Waals surface area contributed by atoms with Gasteiger partial charge in [-0.15, -0.1) is 13.2 Å². The van der Waals surface area contributed by atoms with Crippen molar-refractivity contribution in [1.82, 2.24) is 0 Å². The molecule has 1 fully saturated rings. The Hall–Kier alpha value is -2.90. The highest BCUT2D eigenvalue weighted by molar-refractivity contribution is 5.93. The fourth-order valence-corrected chi connectivity index (χ4v) is 2.94. The van der Waals surface area contributed by atoms with Crippen LogP contribution in [0.1, 0.15) is 40.2 Å². The van der Waals surface area contributed by atoms with E-state index < -0.39 is 18.1 Å². The number of carbonyl (C=O) groups is 1. The molecule has 8 heteroatoms. The van der Waals surface area contributed by atoms with E-state index >= 15 is 0 Å². The van der Waals surface area contributed by atoms with Gasteiger partial charge in [-0.1, -0.05) is 6.07 Å². The summed E-state index contributed by atoms with van der Waals surface area (Å²) in [6.45, 7) is 1.72. The summed E-state index contributed by atoms with van der Waals surface area (Å²) >= 11 is 0. The average molecular weight is 382 g/mol. The summed E-state index contributed by atoms with van der Waals surface area (Å²) in [5.74, 6) is -1.09. The van der Waals surface area contributed by atoms with Gasteiger partial charge in [-0.25, -0.2) is 4.79 Å². The number of ether oxygens (including phenoxy) is 3. The molecule has 0 atom stereocenters. The molecule has 3 rings (SSSR count). The van der Waals surface area contributed by atoms with Gasteiger partial charge in [0.05, 0.1) is 7.11 Å². The summed E-state index contributed by atoms with van der Waals surface area (Å²) in [4.78, 5) is 11.7. The third-order valence-corrected chi connectivity index (χ3v) is 4.29. The molecule has 1 aliphatic carbocycles. The topological polar surface area (TPSA) is 65.0 Å². The smallest absolute Gasteiger partial charge is 0.493 e. The fraction of sp³-hybridized carbons (Fsp3) is 0.316. The highest BCUT2D eigenvalue weighted by atomic mass is 19.4. The highest BCUT2D eigenvalue weighted by Crippen LogP contribution is 2.45. The minimum absolute atomic E-state index is 0.0167. The number of methoxy groups -OCH3 is 1. The molecule has 0 saturated heterocycles. The van der Waals surface area contributed by atoms with Gasteiger partial charge in [-0.3, -0.25) is 0 Å². The summed E-state index contributed by atoms with van der Waals surface area (Å²) in [6.07, 6.45) is -2.79. The van der Waals surface area contributed by atoms with E-state index in [1.165, 1.54) is 13.2 Å². The Bertz CT molecular complexity index is 872. The third-order valence-electron chi connectivity index (χ3n) is 4.29. The Labute approximate surface area is 153 Å². The maximum Gasteiger partial charge on any atom is 0.573 e. The number of aromatic carboxylic acids is 1. The Morgan fingerprint density at radius 3 is 2.33 bits per heavy atom. The second-order valence-corrected chi connectivity index (χ2v) is 6.19. The van der Waals surface area contributed by atoms with E-state index in [1.807, 2.05) is 6.07 Å². The van der Waals surface area contributed by atoms with Gasteiger partial charge in [0, 0.05) is 6.07 Å². The standard InChI is InChI=1S/C19H17F3O5/c1-10-13(11-3-4-11)6-8-15(17(10)18(23)24)26-14-7-5-12(9-16(14)25-2)27-19(20,21)22/h5-9,11H,3-4H2,1-2H3,(H,23,24). The second kappa shape index (κ2) is 7.02. The van der Waals surface area contributed by atoms with Crippen molar-refractivity contribution < 1.29 is 37.3 Å². The number of hydrogen-bond acceptors (Lipinski definition) is 4. The van der Waals surface area contributed by atoms with Crippen LogP contribution in [0, 0.1) is 6.92 Å². The van der Waals surface area contributed by atoms with Crippen molar-refractivity contribution in [3.8, 4) is 23.0 Å². The first kappa shape index (κ1) is 18.9. The Morgan fingerprint density at radius 1 is 1.11 bits per heavy atom. The van der Waals surface area contributed by atoms with Gasteiger partial charge in [-0.2, -0.15) is 0 Å². The first-order valence-corrected chi connectivity index (χ1v) is 8.18. The zero-order chi connectivity index (χ0) is 19.8. The molecular weight excluding hydrogens is 365 g/mol. The number of rotatable bonds is 6. The molecule has 0 amide bonds. The van der Waals surface area contributed by atoms with Gasteiger partial charge in [0.15, 0.2) is 11.5 Å². The minimum Gasteiger partial charge on any atom is -0.493 e. The summed E-state index contributed by atoms with van der Waals surface area (Å²) < 4.78 is 51.7. The van der Waals surface area contributed by atoms with Crippen LogP contribution in [-0.4, -0.2) is 24.5 Å². The molecule has 0 heterocycles. The molecule has 0 radical (unpaired) electrons. The van der Waals surface area contributed by atoms with Crippen LogP contribution in [0.3, 0.4) is 0 Å². The van der Waals surface area contributed by atoms with Gasteiger partial charge < -0.3 is 19.3 Å². The van der Waals surface area contributed by atoms with Crippen molar-refractivity contribution in [1.29, 1.82) is 0 Å². The number of hydrogen-bond donors (Lipinski definition) is 1. The molecule has 1 aliphatic rings. The first-order chi connectivity index (χ1) is 12.7. The lowest BCUT2D eigenvalue weighted by atomic mass is 9.98. The van der Waals surface area contributed by atoms with Gasteiger partial charge in [0.25, 0.3) is 0 Å². The van der Waals surface area contributed by atoms with E-state index in [1.54, 1.807) is 13.0 Å². The van der Waals surface area contributed by atoms with Gasteiger partial charge in [0.1, 0.15) is 17.1 Å². The number of carboxylic acids is 1. The zero-order valence-corrected chi connectivity index (χ0v) is 14.6. The molecule has 0 unspecified atom stereocenters. The lowest BCUT2D eigenvalue weighted by Gasteiger charge is -2.16. The summed E-state index contributed by atoms with van der Waals surface area (Å²) in [5, 5.41) is 9.59. The minimum atomic E-state index is -4.83. The molecule has 1 saturated carbocycles. The third kappa shape index (κ3) is 4.27. The molecule has 144 valence electrons. The van der Waals surface area contributed by atoms with Crippen LogP contribution in [-0.2, 0) is 0 Å². The van der Waals surface area contributed by atoms with E-state index in [9.17, 15) is 23.1 Å². The van der Waals surface area contributed by atoms with Crippen LogP contribution in [0.2, 0.25) is 0 Å². The van der Waals surface area contributed by atoms with Crippen LogP contribution in [0.5, 0.6) is 23.0 Å². The van der Waals surface area contributed by atoms with Crippen LogP contribution >= 0.6 is 0 Å². The molecule has 0 bridgehead atoms. The molecular formula is C19H17F3O5. The van der Waals surface area contributed by atoms with E-state index in [0.717, 1.165) is 30.5 Å². The van der Waals surface area contributed by atoms with E-state index in [-0.39, 0.29) is 22.8 Å². The average Bonchev–Trinajstić information content (AvgIpc) is 3.39. The molecule has 0 spiro atoms. The van der Waals surface area contributed by atoms with E-state index in [2.05, 4.69) is 4.74 Å². The number of halogens is 3. The lowest BCUT2D eigenvalue weighted by molar-refractivity contribution is -0.274. The predicted molar refractivity (Wildman–Crippen MR) is 89.9 cm³/mol. The van der Waals surface area contributed by atoms with E-state index in [0.29, 0.717) is 11.5 Å². The van der Waals surface area contributed by atoms with Crippen LogP contribution in [0.4, 0.5) is 13.2 Å². The molecule has 0 aliphatic heterocycles. The monoisotopic (exact) mass is 382 g/mol. The van der Waals surface area contributed by atoms with Crippen LogP contribution in [0.15, 0.2) is 30.3 Å². The van der Waals surface area contributed by atoms with Crippen molar-refractivity contribution in [3.63, 3.8) is 0 Å². The lowest BCUT2D eigenvalue weighted by Crippen LogP contribution is -2.17. The number of alkyl halides is 3. The second-order valence-electron chi connectivity index (χ2n) is 6.19. The Morgan fingerprint density at radius 2 is 1.78 bits per heavy atom.